The fourth-order valence-corrected chi connectivity index (χ4v) is 0.768. The molecule has 0 aliphatic rings. The van der Waals surface area contributed by atoms with Gasteiger partial charge in [-0.05, 0) is 26.7 Å². The maximum absolute atomic E-state index is 5.03. The van der Waals surface area contributed by atoms with E-state index in [9.17, 15) is 0 Å². The normalized spacial score (nSPS) is 9.36. The number of hydrogen-bond acceptors (Lipinski definition) is 2. The molecule has 0 rings (SSSR count). The number of unbranched alkanes of at least 4 members (excludes halogenated alkanes) is 3. The number of rotatable bonds is 6. The largest absolute Gasteiger partial charge is 0.396 e. The molecule has 2 nitrogen and oxygen atoms in total. The summed E-state index contributed by atoms with van der Waals surface area (Å²) in [5.74, 6) is 0. The molecule has 11 heavy (non-hydrogen) atoms. The zero-order valence-corrected chi connectivity index (χ0v) is 7.89. The number of oxime groups is 1. The van der Waals surface area contributed by atoms with Gasteiger partial charge in [0.25, 0.3) is 0 Å². The van der Waals surface area contributed by atoms with E-state index >= 15 is 0 Å². The van der Waals surface area contributed by atoms with Crippen molar-refractivity contribution < 1.29 is 4.84 Å². The van der Waals surface area contributed by atoms with Crippen LogP contribution >= 0.6 is 0 Å². The molecule has 0 N–H and O–H groups in total. The van der Waals surface area contributed by atoms with Gasteiger partial charge in [-0.2, -0.15) is 0 Å². The van der Waals surface area contributed by atoms with E-state index in [-0.39, 0.29) is 0 Å². The second-order valence-corrected chi connectivity index (χ2v) is 2.93. The topological polar surface area (TPSA) is 21.6 Å². The Bertz CT molecular complexity index is 106. The molecule has 0 heterocycles. The number of nitrogens with zero attached hydrogens (tertiary/aromatic N) is 1. The third-order valence-corrected chi connectivity index (χ3v) is 1.34. The highest BCUT2D eigenvalue weighted by Crippen LogP contribution is 1.98. The minimum Gasteiger partial charge on any atom is -0.396 e. The number of hydrogen-bond donors (Lipinski definition) is 0. The van der Waals surface area contributed by atoms with Gasteiger partial charge in [-0.15, -0.1) is 0 Å². The summed E-state index contributed by atoms with van der Waals surface area (Å²) < 4.78 is 0. The third kappa shape index (κ3) is 9.47. The van der Waals surface area contributed by atoms with Crippen molar-refractivity contribution >= 4 is 5.71 Å². The van der Waals surface area contributed by atoms with Gasteiger partial charge >= 0.3 is 0 Å². The van der Waals surface area contributed by atoms with Gasteiger partial charge in [-0.3, -0.25) is 0 Å². The van der Waals surface area contributed by atoms with Gasteiger partial charge in [0.05, 0.1) is 5.71 Å². The zero-order chi connectivity index (χ0) is 8.53. The van der Waals surface area contributed by atoms with Crippen LogP contribution in [0.4, 0.5) is 0 Å². The van der Waals surface area contributed by atoms with Crippen LogP contribution in [0.25, 0.3) is 0 Å². The third-order valence-electron chi connectivity index (χ3n) is 1.34. The first kappa shape index (κ1) is 10.5. The maximum atomic E-state index is 5.03. The molecule has 0 saturated carbocycles. The van der Waals surface area contributed by atoms with E-state index < -0.39 is 0 Å². The SMILES string of the molecule is CCCCCCON=C(C)C. The summed E-state index contributed by atoms with van der Waals surface area (Å²) >= 11 is 0. The molecule has 0 atom stereocenters. The van der Waals surface area contributed by atoms with E-state index in [4.69, 9.17) is 4.84 Å². The molecule has 2 heteroatoms. The fraction of sp³-hybridized carbons (Fsp3) is 0.889. The molecule has 0 aromatic heterocycles. The van der Waals surface area contributed by atoms with Crippen molar-refractivity contribution in [3.05, 3.63) is 0 Å². The smallest absolute Gasteiger partial charge is 0.117 e. The van der Waals surface area contributed by atoms with Crippen LogP contribution in [0.2, 0.25) is 0 Å². The Hall–Kier alpha value is -0.530. The molecule has 0 aromatic carbocycles. The lowest BCUT2D eigenvalue weighted by atomic mass is 10.2. The summed E-state index contributed by atoms with van der Waals surface area (Å²) in [6.07, 6.45) is 4.97. The molecule has 0 fully saturated rings. The fourth-order valence-electron chi connectivity index (χ4n) is 0.768. The lowest BCUT2D eigenvalue weighted by molar-refractivity contribution is 0.139. The molecule has 0 saturated heterocycles. The van der Waals surface area contributed by atoms with E-state index in [1.165, 1.54) is 19.3 Å². The summed E-state index contributed by atoms with van der Waals surface area (Å²) in [4.78, 5) is 5.03. The lowest BCUT2D eigenvalue weighted by Crippen LogP contribution is -1.90. The molecule has 0 unspecified atom stereocenters. The first-order chi connectivity index (χ1) is 5.27. The maximum Gasteiger partial charge on any atom is 0.117 e. The predicted octanol–water partition coefficient (Wildman–Crippen LogP) is 2.98. The van der Waals surface area contributed by atoms with Crippen LogP contribution in [0, 0.1) is 0 Å². The quantitative estimate of drug-likeness (QED) is 0.330. The van der Waals surface area contributed by atoms with Crippen LogP contribution in [0.5, 0.6) is 0 Å². The Morgan fingerprint density at radius 3 is 2.45 bits per heavy atom. The molecule has 0 amide bonds. The molecule has 0 aliphatic carbocycles. The Morgan fingerprint density at radius 2 is 1.91 bits per heavy atom. The standard InChI is InChI=1S/C9H19NO/c1-4-5-6-7-8-11-10-9(2)3/h4-8H2,1-3H3. The highest BCUT2D eigenvalue weighted by atomic mass is 16.6. The average molecular weight is 157 g/mol. The highest BCUT2D eigenvalue weighted by molar-refractivity contribution is 5.78. The van der Waals surface area contributed by atoms with Crippen molar-refractivity contribution in [1.29, 1.82) is 0 Å². The van der Waals surface area contributed by atoms with Gasteiger partial charge < -0.3 is 4.84 Å². The molecule has 0 spiro atoms. The van der Waals surface area contributed by atoms with Gasteiger partial charge in [0.1, 0.15) is 6.61 Å². The summed E-state index contributed by atoms with van der Waals surface area (Å²) in [5.41, 5.74) is 0.987. The molecule has 0 bridgehead atoms. The van der Waals surface area contributed by atoms with Crippen molar-refractivity contribution in [2.75, 3.05) is 6.61 Å². The summed E-state index contributed by atoms with van der Waals surface area (Å²) in [6, 6.07) is 0. The van der Waals surface area contributed by atoms with E-state index in [0.29, 0.717) is 0 Å². The van der Waals surface area contributed by atoms with Gasteiger partial charge in [-0.1, -0.05) is 24.9 Å². The molecule has 0 aromatic rings. The van der Waals surface area contributed by atoms with E-state index in [0.717, 1.165) is 18.7 Å². The zero-order valence-electron chi connectivity index (χ0n) is 7.89. The van der Waals surface area contributed by atoms with Gasteiger partial charge in [0, 0.05) is 0 Å². The van der Waals surface area contributed by atoms with E-state index in [2.05, 4.69) is 12.1 Å². The van der Waals surface area contributed by atoms with Crippen molar-refractivity contribution in [3.63, 3.8) is 0 Å². The molecule has 66 valence electrons. The first-order valence-corrected chi connectivity index (χ1v) is 4.40. The van der Waals surface area contributed by atoms with Crippen LogP contribution in [0.15, 0.2) is 5.16 Å². The molecule has 0 radical (unpaired) electrons. The Balaban J connectivity index is 2.97. The van der Waals surface area contributed by atoms with Gasteiger partial charge in [0.2, 0.25) is 0 Å². The van der Waals surface area contributed by atoms with Crippen LogP contribution in [-0.4, -0.2) is 12.3 Å². The molecular weight excluding hydrogens is 138 g/mol. The monoisotopic (exact) mass is 157 g/mol. The summed E-state index contributed by atoms with van der Waals surface area (Å²) in [7, 11) is 0. The summed E-state index contributed by atoms with van der Waals surface area (Å²) in [6.45, 7) is 6.85. The van der Waals surface area contributed by atoms with Crippen molar-refractivity contribution in [3.8, 4) is 0 Å². The second kappa shape index (κ2) is 7.58. The van der Waals surface area contributed by atoms with Crippen LogP contribution in [0.3, 0.4) is 0 Å². The Kier molecular flexibility index (Phi) is 7.21. The van der Waals surface area contributed by atoms with Crippen molar-refractivity contribution in [2.24, 2.45) is 5.16 Å². The molecular formula is C9H19NO. The first-order valence-electron chi connectivity index (χ1n) is 4.40. The lowest BCUT2D eigenvalue weighted by Gasteiger charge is -1.98. The predicted molar refractivity (Wildman–Crippen MR) is 48.9 cm³/mol. The average Bonchev–Trinajstić information content (AvgIpc) is 1.96. The minimum absolute atomic E-state index is 0.769. The van der Waals surface area contributed by atoms with E-state index in [1.54, 1.807) is 0 Å². The van der Waals surface area contributed by atoms with Crippen LogP contribution in [-0.2, 0) is 4.84 Å². The second-order valence-electron chi connectivity index (χ2n) is 2.93. The van der Waals surface area contributed by atoms with Crippen molar-refractivity contribution in [2.45, 2.75) is 46.5 Å². The van der Waals surface area contributed by atoms with Crippen LogP contribution in [0.1, 0.15) is 46.5 Å². The van der Waals surface area contributed by atoms with E-state index in [1.807, 2.05) is 13.8 Å². The minimum atomic E-state index is 0.769. The van der Waals surface area contributed by atoms with Crippen molar-refractivity contribution in [1.82, 2.24) is 0 Å². The summed E-state index contributed by atoms with van der Waals surface area (Å²) in [5, 5.41) is 3.84. The highest BCUT2D eigenvalue weighted by Gasteiger charge is 1.86. The van der Waals surface area contributed by atoms with Crippen LogP contribution < -0.4 is 0 Å². The Labute approximate surface area is 69.6 Å². The van der Waals surface area contributed by atoms with Gasteiger partial charge in [0.15, 0.2) is 0 Å². The molecule has 0 aliphatic heterocycles. The van der Waals surface area contributed by atoms with Gasteiger partial charge in [-0.25, -0.2) is 0 Å². The Morgan fingerprint density at radius 1 is 1.18 bits per heavy atom.